The lowest BCUT2D eigenvalue weighted by Crippen LogP contribution is -1.98. The number of hydrogen-bond donors (Lipinski definition) is 2. The lowest BCUT2D eigenvalue weighted by molar-refractivity contribution is 0.398. The van der Waals surface area contributed by atoms with Crippen LogP contribution in [0, 0.1) is 0 Å². The molecule has 124 valence electrons. The monoisotopic (exact) mass is 333 g/mol. The normalized spacial score (nSPS) is 10.8. The first-order valence-corrected chi connectivity index (χ1v) is 7.64. The van der Waals surface area contributed by atoms with E-state index in [9.17, 15) is 5.11 Å². The first-order valence-electron chi connectivity index (χ1n) is 7.64. The van der Waals surface area contributed by atoms with Crippen molar-refractivity contribution in [2.45, 2.75) is 0 Å². The Kier molecular flexibility index (Phi) is 3.66. The Bertz CT molecular complexity index is 1030. The minimum absolute atomic E-state index is 0.204. The molecule has 25 heavy (non-hydrogen) atoms. The number of ether oxygens (including phenoxy) is 1. The van der Waals surface area contributed by atoms with Crippen molar-refractivity contribution in [2.24, 2.45) is 0 Å². The van der Waals surface area contributed by atoms with Gasteiger partial charge in [-0.3, -0.25) is 0 Å². The molecule has 0 atom stereocenters. The van der Waals surface area contributed by atoms with Crippen LogP contribution in [-0.4, -0.2) is 31.8 Å². The van der Waals surface area contributed by atoms with Crippen molar-refractivity contribution in [2.75, 3.05) is 12.4 Å². The third kappa shape index (κ3) is 2.94. The van der Waals surface area contributed by atoms with Crippen LogP contribution in [-0.2, 0) is 0 Å². The molecule has 0 saturated carbocycles. The summed E-state index contributed by atoms with van der Waals surface area (Å²) in [6.07, 6.45) is 5.24. The Labute approximate surface area is 143 Å². The van der Waals surface area contributed by atoms with Crippen LogP contribution in [0.4, 0.5) is 11.5 Å². The van der Waals surface area contributed by atoms with Gasteiger partial charge in [-0.2, -0.15) is 5.10 Å². The van der Waals surface area contributed by atoms with Crippen LogP contribution in [0.1, 0.15) is 0 Å². The number of phenols is 1. The molecule has 1 aromatic carbocycles. The quantitative estimate of drug-likeness (QED) is 0.596. The molecule has 0 aliphatic carbocycles. The molecule has 7 nitrogen and oxygen atoms in total. The Morgan fingerprint density at radius 2 is 2.04 bits per heavy atom. The molecule has 0 unspecified atom stereocenters. The van der Waals surface area contributed by atoms with E-state index in [1.54, 1.807) is 48.3 Å². The highest BCUT2D eigenvalue weighted by Gasteiger charge is 2.10. The third-order valence-corrected chi connectivity index (χ3v) is 3.74. The van der Waals surface area contributed by atoms with E-state index in [0.29, 0.717) is 17.3 Å². The molecule has 0 radical (unpaired) electrons. The fourth-order valence-corrected chi connectivity index (χ4v) is 2.54. The largest absolute Gasteiger partial charge is 0.508 e. The second-order valence-electron chi connectivity index (χ2n) is 5.40. The molecule has 0 bridgehead atoms. The van der Waals surface area contributed by atoms with E-state index >= 15 is 0 Å². The summed E-state index contributed by atoms with van der Waals surface area (Å²) in [4.78, 5) is 8.79. The first-order chi connectivity index (χ1) is 12.2. The molecule has 4 aromatic rings. The van der Waals surface area contributed by atoms with Crippen LogP contribution < -0.4 is 10.1 Å². The van der Waals surface area contributed by atoms with E-state index in [-0.39, 0.29) is 5.75 Å². The molecule has 0 aliphatic rings. The van der Waals surface area contributed by atoms with E-state index in [4.69, 9.17) is 4.74 Å². The van der Waals surface area contributed by atoms with E-state index in [1.807, 2.05) is 24.4 Å². The van der Waals surface area contributed by atoms with Gasteiger partial charge >= 0.3 is 0 Å². The maximum Gasteiger partial charge on any atom is 0.213 e. The number of nitrogens with one attached hydrogen (secondary N) is 1. The maximum absolute atomic E-state index is 9.70. The second kappa shape index (κ2) is 6.12. The van der Waals surface area contributed by atoms with Gasteiger partial charge in [-0.05, 0) is 29.8 Å². The van der Waals surface area contributed by atoms with Crippen LogP contribution in [0.15, 0.2) is 61.1 Å². The summed E-state index contributed by atoms with van der Waals surface area (Å²) >= 11 is 0. The molecule has 0 saturated heterocycles. The Morgan fingerprint density at radius 1 is 1.12 bits per heavy atom. The number of fused-ring (bicyclic) bond motifs is 1. The van der Waals surface area contributed by atoms with Gasteiger partial charge in [-0.1, -0.05) is 12.1 Å². The number of benzene rings is 1. The molecule has 4 rings (SSSR count). The van der Waals surface area contributed by atoms with Crippen LogP contribution in [0.25, 0.3) is 16.8 Å². The molecule has 0 aliphatic heterocycles. The highest BCUT2D eigenvalue weighted by molar-refractivity contribution is 5.78. The number of methoxy groups -OCH3 is 1. The van der Waals surface area contributed by atoms with E-state index in [1.165, 1.54) is 0 Å². The van der Waals surface area contributed by atoms with Gasteiger partial charge in [-0.15, -0.1) is 0 Å². The molecular formula is C18H15N5O2. The minimum Gasteiger partial charge on any atom is -0.508 e. The number of hydrogen-bond acceptors (Lipinski definition) is 6. The predicted octanol–water partition coefficient (Wildman–Crippen LogP) is 3.25. The van der Waals surface area contributed by atoms with Crippen molar-refractivity contribution in [1.82, 2.24) is 19.6 Å². The van der Waals surface area contributed by atoms with Crippen molar-refractivity contribution in [3.8, 4) is 22.8 Å². The van der Waals surface area contributed by atoms with Crippen LogP contribution in [0.3, 0.4) is 0 Å². The minimum atomic E-state index is 0.204. The number of pyridine rings is 1. The molecule has 3 heterocycles. The summed E-state index contributed by atoms with van der Waals surface area (Å²) in [6.45, 7) is 0. The number of rotatable bonds is 4. The average Bonchev–Trinajstić information content (AvgIpc) is 3.06. The zero-order chi connectivity index (χ0) is 17.2. The molecule has 0 spiro atoms. The van der Waals surface area contributed by atoms with Crippen LogP contribution >= 0.6 is 0 Å². The summed E-state index contributed by atoms with van der Waals surface area (Å²) in [7, 11) is 1.58. The lowest BCUT2D eigenvalue weighted by atomic mass is 10.1. The second-order valence-corrected chi connectivity index (χ2v) is 5.40. The van der Waals surface area contributed by atoms with E-state index in [0.717, 1.165) is 16.8 Å². The van der Waals surface area contributed by atoms with Gasteiger partial charge in [0.15, 0.2) is 5.65 Å². The number of nitrogens with zero attached hydrogens (tertiary/aromatic N) is 4. The average molecular weight is 333 g/mol. The van der Waals surface area contributed by atoms with Gasteiger partial charge in [0.2, 0.25) is 5.88 Å². The van der Waals surface area contributed by atoms with Crippen LogP contribution in [0.5, 0.6) is 11.6 Å². The molecule has 3 aromatic heterocycles. The summed E-state index contributed by atoms with van der Waals surface area (Å²) in [5.41, 5.74) is 3.19. The molecular weight excluding hydrogens is 318 g/mol. The number of aromatic nitrogens is 4. The SMILES string of the molecule is COc1ccc(Nc2ccn3ncc(-c4cccc(O)c4)c3n2)cn1. The fraction of sp³-hybridized carbons (Fsp3) is 0.0556. The summed E-state index contributed by atoms with van der Waals surface area (Å²) < 4.78 is 6.75. The molecule has 2 N–H and O–H groups in total. The van der Waals surface area contributed by atoms with Gasteiger partial charge in [0.25, 0.3) is 0 Å². The van der Waals surface area contributed by atoms with Crippen molar-refractivity contribution in [1.29, 1.82) is 0 Å². The predicted molar refractivity (Wildman–Crippen MR) is 94.2 cm³/mol. The number of phenolic OH excluding ortho intramolecular Hbond substituents is 1. The Hall–Kier alpha value is -3.61. The van der Waals surface area contributed by atoms with Gasteiger partial charge in [0.05, 0.1) is 25.2 Å². The molecule has 0 amide bonds. The highest BCUT2D eigenvalue weighted by atomic mass is 16.5. The topological polar surface area (TPSA) is 84.6 Å². The van der Waals surface area contributed by atoms with Gasteiger partial charge in [0.1, 0.15) is 11.6 Å². The Morgan fingerprint density at radius 3 is 2.80 bits per heavy atom. The summed E-state index contributed by atoms with van der Waals surface area (Å²) in [5, 5.41) is 17.2. The van der Waals surface area contributed by atoms with Crippen molar-refractivity contribution in [3.05, 3.63) is 61.1 Å². The van der Waals surface area contributed by atoms with Gasteiger partial charge < -0.3 is 15.2 Å². The smallest absolute Gasteiger partial charge is 0.213 e. The van der Waals surface area contributed by atoms with Gasteiger partial charge in [0, 0.05) is 17.8 Å². The third-order valence-electron chi connectivity index (χ3n) is 3.74. The molecule has 0 fully saturated rings. The van der Waals surface area contributed by atoms with Crippen molar-refractivity contribution in [3.63, 3.8) is 0 Å². The standard InChI is InChI=1S/C18H15N5O2/c1-25-17-6-5-13(10-19-17)21-16-7-8-23-18(22-16)15(11-20-23)12-3-2-4-14(24)9-12/h2-11,24H,1H3,(H,21,22). The number of anilines is 2. The van der Waals surface area contributed by atoms with E-state index in [2.05, 4.69) is 20.4 Å². The first kappa shape index (κ1) is 14.9. The van der Waals surface area contributed by atoms with Gasteiger partial charge in [-0.25, -0.2) is 14.5 Å². The zero-order valence-corrected chi connectivity index (χ0v) is 13.4. The fourth-order valence-electron chi connectivity index (χ4n) is 2.54. The zero-order valence-electron chi connectivity index (χ0n) is 13.4. The van der Waals surface area contributed by atoms with Crippen molar-refractivity contribution >= 4 is 17.2 Å². The highest BCUT2D eigenvalue weighted by Crippen LogP contribution is 2.27. The number of aromatic hydroxyl groups is 1. The Balaban J connectivity index is 1.70. The maximum atomic E-state index is 9.70. The van der Waals surface area contributed by atoms with E-state index < -0.39 is 0 Å². The molecule has 7 heteroatoms. The van der Waals surface area contributed by atoms with Crippen LogP contribution in [0.2, 0.25) is 0 Å². The summed E-state index contributed by atoms with van der Waals surface area (Å²) in [6, 6.07) is 12.5. The van der Waals surface area contributed by atoms with Crippen molar-refractivity contribution < 1.29 is 9.84 Å². The summed E-state index contributed by atoms with van der Waals surface area (Å²) in [5.74, 6) is 1.42. The lowest BCUT2D eigenvalue weighted by Gasteiger charge is -2.07.